The lowest BCUT2D eigenvalue weighted by molar-refractivity contribution is -0.116. The third kappa shape index (κ3) is 2.64. The van der Waals surface area contributed by atoms with E-state index in [2.05, 4.69) is 31.9 Å². The minimum Gasteiger partial charge on any atom is -0.368 e. The first-order chi connectivity index (χ1) is 7.26. The minimum absolute atomic E-state index is 0.0405. The highest BCUT2D eigenvalue weighted by atomic mass is 79.9. The van der Waals surface area contributed by atoms with Gasteiger partial charge in [-0.25, -0.2) is 8.42 Å². The van der Waals surface area contributed by atoms with E-state index in [1.54, 1.807) is 12.1 Å². The lowest BCUT2D eigenvalue weighted by atomic mass is 10.2. The Morgan fingerprint density at radius 1 is 1.44 bits per heavy atom. The van der Waals surface area contributed by atoms with Gasteiger partial charge in [-0.1, -0.05) is 22.0 Å². The fourth-order valence-electron chi connectivity index (χ4n) is 1.10. The van der Waals surface area contributed by atoms with Gasteiger partial charge in [-0.2, -0.15) is 0 Å². The third-order valence-corrected chi connectivity index (χ3v) is 6.48. The molecule has 0 aliphatic rings. The second-order valence-electron chi connectivity index (χ2n) is 3.20. The molecular weight excluding hydrogens is 362 g/mol. The minimum atomic E-state index is -3.79. The number of benzene rings is 1. The summed E-state index contributed by atoms with van der Waals surface area (Å²) < 4.78 is 22.9. The van der Waals surface area contributed by atoms with Crippen LogP contribution in [-0.4, -0.2) is 18.5 Å². The van der Waals surface area contributed by atoms with Crippen LogP contribution in [0.1, 0.15) is 5.56 Å². The van der Waals surface area contributed by atoms with Crippen LogP contribution in [0.4, 0.5) is 0 Å². The van der Waals surface area contributed by atoms with Gasteiger partial charge in [0.05, 0.1) is 4.90 Å². The molecule has 0 spiro atoms. The van der Waals surface area contributed by atoms with Crippen molar-refractivity contribution in [3.05, 3.63) is 28.2 Å². The van der Waals surface area contributed by atoms with E-state index in [0.717, 1.165) is 5.56 Å². The van der Waals surface area contributed by atoms with Crippen LogP contribution in [0.3, 0.4) is 0 Å². The fourth-order valence-corrected chi connectivity index (χ4v) is 3.99. The zero-order valence-electron chi connectivity index (χ0n) is 8.28. The summed E-state index contributed by atoms with van der Waals surface area (Å²) in [7, 11) is -3.79. The molecule has 0 aliphatic heterocycles. The average Bonchev–Trinajstić information content (AvgIpc) is 2.15. The van der Waals surface area contributed by atoms with Crippen LogP contribution in [0.2, 0.25) is 0 Å². The predicted molar refractivity (Wildman–Crippen MR) is 68.0 cm³/mol. The molecule has 1 rings (SSSR count). The number of carbonyl (C=O) groups is 1. The van der Waals surface area contributed by atoms with Crippen molar-refractivity contribution >= 4 is 47.6 Å². The molecule has 1 atom stereocenters. The van der Waals surface area contributed by atoms with Gasteiger partial charge >= 0.3 is 0 Å². The number of primary amides is 1. The Morgan fingerprint density at radius 3 is 2.44 bits per heavy atom. The molecule has 0 fully saturated rings. The molecule has 1 unspecified atom stereocenters. The highest BCUT2D eigenvalue weighted by Crippen LogP contribution is 2.28. The van der Waals surface area contributed by atoms with E-state index in [-0.39, 0.29) is 4.90 Å². The Balaban J connectivity index is 3.33. The molecule has 0 saturated heterocycles. The van der Waals surface area contributed by atoms with Crippen LogP contribution in [0.25, 0.3) is 0 Å². The van der Waals surface area contributed by atoms with Crippen molar-refractivity contribution in [1.29, 1.82) is 0 Å². The molecule has 7 heteroatoms. The predicted octanol–water partition coefficient (Wildman–Crippen LogP) is 1.74. The smallest absolute Gasteiger partial charge is 0.247 e. The molecular formula is C9H9Br2NO3S. The van der Waals surface area contributed by atoms with Crippen molar-refractivity contribution in [3.8, 4) is 0 Å². The quantitative estimate of drug-likeness (QED) is 0.823. The first-order valence-corrected chi connectivity index (χ1v) is 7.45. The van der Waals surface area contributed by atoms with Gasteiger partial charge in [-0.3, -0.25) is 4.79 Å². The third-order valence-electron chi connectivity index (χ3n) is 1.89. The maximum Gasteiger partial charge on any atom is 0.247 e. The number of sulfone groups is 1. The van der Waals surface area contributed by atoms with E-state index >= 15 is 0 Å². The Hall–Kier alpha value is -0.400. The second kappa shape index (κ2) is 4.85. The van der Waals surface area contributed by atoms with Gasteiger partial charge in [0, 0.05) is 4.47 Å². The highest BCUT2D eigenvalue weighted by molar-refractivity contribution is 9.11. The zero-order chi connectivity index (χ0) is 12.5. The molecule has 0 heterocycles. The zero-order valence-corrected chi connectivity index (χ0v) is 12.3. The van der Waals surface area contributed by atoms with E-state index in [9.17, 15) is 13.2 Å². The van der Waals surface area contributed by atoms with Crippen molar-refractivity contribution in [2.24, 2.45) is 5.73 Å². The van der Waals surface area contributed by atoms with E-state index in [1.165, 1.54) is 6.07 Å². The SMILES string of the molecule is Cc1ccc(S(=O)(=O)C(Br)C(N)=O)c(Br)c1. The molecule has 0 aromatic heterocycles. The first-order valence-electron chi connectivity index (χ1n) is 4.20. The second-order valence-corrected chi connectivity index (χ2v) is 7.57. The number of aryl methyl sites for hydroxylation is 1. The van der Waals surface area contributed by atoms with Crippen molar-refractivity contribution < 1.29 is 13.2 Å². The van der Waals surface area contributed by atoms with Crippen LogP contribution in [-0.2, 0) is 14.6 Å². The van der Waals surface area contributed by atoms with Crippen LogP contribution < -0.4 is 5.73 Å². The Morgan fingerprint density at radius 2 is 2.00 bits per heavy atom. The standard InChI is InChI=1S/C9H9Br2NO3S/c1-5-2-3-7(6(10)4-5)16(14,15)8(11)9(12)13/h2-4,8H,1H3,(H2,12,13). The van der Waals surface area contributed by atoms with Gasteiger partial charge in [0.15, 0.2) is 4.16 Å². The summed E-state index contributed by atoms with van der Waals surface area (Å²) in [5.74, 6) is -0.938. The number of carbonyl (C=O) groups excluding carboxylic acids is 1. The number of amides is 1. The lowest BCUT2D eigenvalue weighted by Crippen LogP contribution is -2.31. The maximum atomic E-state index is 11.9. The monoisotopic (exact) mass is 369 g/mol. The Kier molecular flexibility index (Phi) is 4.14. The van der Waals surface area contributed by atoms with Crippen LogP contribution in [0.5, 0.6) is 0 Å². The summed E-state index contributed by atoms with van der Waals surface area (Å²) in [6.45, 7) is 1.83. The summed E-state index contributed by atoms with van der Waals surface area (Å²) in [4.78, 5) is 10.9. The lowest BCUT2D eigenvalue weighted by Gasteiger charge is -2.10. The van der Waals surface area contributed by atoms with Gasteiger partial charge in [-0.05, 0) is 40.5 Å². The Labute approximate surface area is 110 Å². The fraction of sp³-hybridized carbons (Fsp3) is 0.222. The van der Waals surface area contributed by atoms with Crippen LogP contribution in [0.15, 0.2) is 27.6 Å². The van der Waals surface area contributed by atoms with Gasteiger partial charge in [0.25, 0.3) is 0 Å². The molecule has 2 N–H and O–H groups in total. The van der Waals surface area contributed by atoms with Gasteiger partial charge in [-0.15, -0.1) is 0 Å². The molecule has 1 aromatic carbocycles. The molecule has 1 aromatic rings. The summed E-state index contributed by atoms with van der Waals surface area (Å²) in [5.41, 5.74) is 5.87. The van der Waals surface area contributed by atoms with E-state index < -0.39 is 19.9 Å². The highest BCUT2D eigenvalue weighted by Gasteiger charge is 2.31. The molecule has 4 nitrogen and oxygen atoms in total. The number of nitrogens with two attached hydrogens (primary N) is 1. The number of hydrogen-bond donors (Lipinski definition) is 1. The summed E-state index contributed by atoms with van der Waals surface area (Å²) in [6.07, 6.45) is 0. The van der Waals surface area contributed by atoms with Crippen LogP contribution in [0, 0.1) is 6.92 Å². The summed E-state index contributed by atoms with van der Waals surface area (Å²) in [5, 5.41) is 0. The van der Waals surface area contributed by atoms with E-state index in [4.69, 9.17) is 5.73 Å². The molecule has 16 heavy (non-hydrogen) atoms. The first kappa shape index (κ1) is 13.7. The molecule has 0 radical (unpaired) electrons. The topological polar surface area (TPSA) is 77.2 Å². The van der Waals surface area contributed by atoms with Crippen molar-refractivity contribution in [2.75, 3.05) is 0 Å². The molecule has 88 valence electrons. The summed E-state index contributed by atoms with van der Waals surface area (Å²) >= 11 is 5.92. The number of halogens is 2. The van der Waals surface area contributed by atoms with E-state index in [0.29, 0.717) is 4.47 Å². The number of alkyl halides is 1. The largest absolute Gasteiger partial charge is 0.368 e. The Bertz CT molecular complexity index is 528. The van der Waals surface area contributed by atoms with Gasteiger partial charge < -0.3 is 5.73 Å². The average molecular weight is 371 g/mol. The van der Waals surface area contributed by atoms with Crippen molar-refractivity contribution in [2.45, 2.75) is 16.0 Å². The van der Waals surface area contributed by atoms with Crippen molar-refractivity contribution in [1.82, 2.24) is 0 Å². The maximum absolute atomic E-state index is 11.9. The molecule has 0 bridgehead atoms. The molecule has 1 amide bonds. The number of hydrogen-bond acceptors (Lipinski definition) is 3. The van der Waals surface area contributed by atoms with E-state index in [1.807, 2.05) is 6.92 Å². The summed E-state index contributed by atoms with van der Waals surface area (Å²) in [6, 6.07) is 4.75. The number of rotatable bonds is 3. The van der Waals surface area contributed by atoms with Crippen LogP contribution >= 0.6 is 31.9 Å². The molecule has 0 aliphatic carbocycles. The van der Waals surface area contributed by atoms with Gasteiger partial charge in [0.2, 0.25) is 15.7 Å². The van der Waals surface area contributed by atoms with Crippen molar-refractivity contribution in [3.63, 3.8) is 0 Å². The normalized spacial score (nSPS) is 13.4. The molecule has 0 saturated carbocycles. The van der Waals surface area contributed by atoms with Gasteiger partial charge in [0.1, 0.15) is 0 Å².